The fraction of sp³-hybridized carbons (Fsp3) is 0.529. The first-order chi connectivity index (χ1) is 10.5. The summed E-state index contributed by atoms with van der Waals surface area (Å²) in [6.45, 7) is 4.99. The van der Waals surface area contributed by atoms with Gasteiger partial charge in [0.2, 0.25) is 5.91 Å². The molecule has 1 aromatic carbocycles. The van der Waals surface area contributed by atoms with Crippen molar-refractivity contribution in [1.82, 2.24) is 4.90 Å². The number of nitrogens with zero attached hydrogens (tertiary/aromatic N) is 2. The van der Waals surface area contributed by atoms with Gasteiger partial charge in [0.15, 0.2) is 6.10 Å². The van der Waals surface area contributed by atoms with Crippen molar-refractivity contribution >= 4 is 17.5 Å². The van der Waals surface area contributed by atoms with Crippen LogP contribution in [-0.2, 0) is 9.59 Å². The normalized spacial score (nSPS) is 17.0. The molecule has 0 saturated heterocycles. The number of hydrogen-bond acceptors (Lipinski definition) is 3. The van der Waals surface area contributed by atoms with Crippen LogP contribution in [0.2, 0.25) is 0 Å². The van der Waals surface area contributed by atoms with Crippen molar-refractivity contribution in [2.24, 2.45) is 0 Å². The number of fused-ring (bicyclic) bond motifs is 1. The summed E-state index contributed by atoms with van der Waals surface area (Å²) in [5, 5.41) is 0. The smallest absolute Gasteiger partial charge is 0.267 e. The van der Waals surface area contributed by atoms with Crippen molar-refractivity contribution in [3.63, 3.8) is 0 Å². The van der Waals surface area contributed by atoms with Crippen molar-refractivity contribution in [1.29, 1.82) is 0 Å². The summed E-state index contributed by atoms with van der Waals surface area (Å²) in [6.07, 6.45) is 1.87. The van der Waals surface area contributed by atoms with Gasteiger partial charge in [-0.05, 0) is 25.5 Å². The van der Waals surface area contributed by atoms with E-state index in [-0.39, 0.29) is 11.8 Å². The molecule has 0 N–H and O–H groups in total. The van der Waals surface area contributed by atoms with Crippen LogP contribution in [0.1, 0.15) is 33.1 Å². The summed E-state index contributed by atoms with van der Waals surface area (Å²) < 4.78 is 5.60. The highest BCUT2D eigenvalue weighted by Gasteiger charge is 2.31. The third-order valence-corrected chi connectivity index (χ3v) is 3.90. The molecule has 1 aliphatic rings. The Bertz CT molecular complexity index is 544. The average Bonchev–Trinajstić information content (AvgIpc) is 2.52. The number of benzene rings is 1. The van der Waals surface area contributed by atoms with Crippen LogP contribution in [-0.4, -0.2) is 43.0 Å². The molecule has 1 heterocycles. The average molecular weight is 304 g/mol. The molecule has 120 valence electrons. The molecule has 0 aliphatic carbocycles. The molecule has 5 heteroatoms. The van der Waals surface area contributed by atoms with Gasteiger partial charge in [-0.3, -0.25) is 9.59 Å². The fourth-order valence-corrected chi connectivity index (χ4v) is 2.51. The van der Waals surface area contributed by atoms with Crippen LogP contribution in [0.15, 0.2) is 24.3 Å². The minimum Gasteiger partial charge on any atom is -0.479 e. The minimum absolute atomic E-state index is 0.0675. The van der Waals surface area contributed by atoms with Gasteiger partial charge < -0.3 is 14.5 Å². The van der Waals surface area contributed by atoms with E-state index in [1.54, 1.807) is 16.7 Å². The molecular weight excluding hydrogens is 280 g/mol. The van der Waals surface area contributed by atoms with Crippen molar-refractivity contribution < 1.29 is 14.3 Å². The van der Waals surface area contributed by atoms with E-state index in [1.165, 1.54) is 0 Å². The van der Waals surface area contributed by atoms with E-state index in [0.29, 0.717) is 18.7 Å². The van der Waals surface area contributed by atoms with Crippen molar-refractivity contribution in [3.05, 3.63) is 24.3 Å². The summed E-state index contributed by atoms with van der Waals surface area (Å²) in [6, 6.07) is 7.45. The molecule has 22 heavy (non-hydrogen) atoms. The number of unbranched alkanes of at least 4 members (excludes halogenated alkanes) is 1. The van der Waals surface area contributed by atoms with E-state index < -0.39 is 6.10 Å². The predicted molar refractivity (Wildman–Crippen MR) is 86.0 cm³/mol. The molecule has 2 amide bonds. The number of anilines is 1. The Balaban J connectivity index is 2.02. The van der Waals surface area contributed by atoms with Crippen molar-refractivity contribution in [2.45, 2.75) is 39.2 Å². The Morgan fingerprint density at radius 2 is 2.09 bits per heavy atom. The first-order valence-electron chi connectivity index (χ1n) is 7.85. The number of para-hydroxylation sites is 2. The molecule has 5 nitrogen and oxygen atoms in total. The van der Waals surface area contributed by atoms with Gasteiger partial charge in [0, 0.05) is 26.6 Å². The van der Waals surface area contributed by atoms with Crippen LogP contribution in [0, 0.1) is 0 Å². The molecule has 0 fully saturated rings. The zero-order chi connectivity index (χ0) is 16.1. The maximum absolute atomic E-state index is 12.3. The number of amides is 2. The lowest BCUT2D eigenvalue weighted by Gasteiger charge is -2.33. The van der Waals surface area contributed by atoms with Crippen molar-refractivity contribution in [3.8, 4) is 5.75 Å². The molecule has 1 aliphatic heterocycles. The summed E-state index contributed by atoms with van der Waals surface area (Å²) >= 11 is 0. The molecule has 0 saturated carbocycles. The van der Waals surface area contributed by atoms with Crippen LogP contribution >= 0.6 is 0 Å². The molecule has 1 aromatic rings. The summed E-state index contributed by atoms with van der Waals surface area (Å²) in [7, 11) is 1.82. The Kier molecular flexibility index (Phi) is 5.41. The summed E-state index contributed by atoms with van der Waals surface area (Å²) in [5.41, 5.74) is 0.745. The lowest BCUT2D eigenvalue weighted by molar-refractivity contribution is -0.130. The van der Waals surface area contributed by atoms with Crippen LogP contribution in [0.4, 0.5) is 5.69 Å². The highest BCUT2D eigenvalue weighted by molar-refractivity contribution is 6.00. The molecule has 1 atom stereocenters. The molecule has 0 bridgehead atoms. The first-order valence-corrected chi connectivity index (χ1v) is 7.85. The number of carbonyl (C=O) groups is 2. The lowest BCUT2D eigenvalue weighted by Crippen LogP contribution is -2.46. The largest absolute Gasteiger partial charge is 0.479 e. The first kappa shape index (κ1) is 16.3. The van der Waals surface area contributed by atoms with Gasteiger partial charge in [-0.1, -0.05) is 25.5 Å². The summed E-state index contributed by atoms with van der Waals surface area (Å²) in [4.78, 5) is 27.9. The number of ether oxygens (including phenoxy) is 1. The van der Waals surface area contributed by atoms with Crippen molar-refractivity contribution in [2.75, 3.05) is 25.0 Å². The fourth-order valence-electron chi connectivity index (χ4n) is 2.51. The second-order valence-corrected chi connectivity index (χ2v) is 5.64. The third-order valence-electron chi connectivity index (χ3n) is 3.90. The predicted octanol–water partition coefficient (Wildman–Crippen LogP) is 2.45. The van der Waals surface area contributed by atoms with E-state index in [0.717, 1.165) is 25.1 Å². The molecule has 0 aromatic heterocycles. The number of hydrogen-bond donors (Lipinski definition) is 0. The Morgan fingerprint density at radius 1 is 1.36 bits per heavy atom. The quantitative estimate of drug-likeness (QED) is 0.811. The van der Waals surface area contributed by atoms with Gasteiger partial charge in [-0.15, -0.1) is 0 Å². The molecule has 0 radical (unpaired) electrons. The maximum Gasteiger partial charge on any atom is 0.267 e. The third kappa shape index (κ3) is 3.59. The van der Waals surface area contributed by atoms with Gasteiger partial charge >= 0.3 is 0 Å². The van der Waals surface area contributed by atoms with E-state index in [9.17, 15) is 9.59 Å². The van der Waals surface area contributed by atoms with Gasteiger partial charge in [-0.25, -0.2) is 0 Å². The van der Waals surface area contributed by atoms with Crippen LogP contribution in [0.25, 0.3) is 0 Å². The van der Waals surface area contributed by atoms with Gasteiger partial charge in [0.1, 0.15) is 5.75 Å². The van der Waals surface area contributed by atoms with E-state index in [2.05, 4.69) is 6.92 Å². The maximum atomic E-state index is 12.3. The number of carbonyl (C=O) groups excluding carboxylic acids is 2. The molecule has 1 unspecified atom stereocenters. The van der Waals surface area contributed by atoms with Gasteiger partial charge in [0.05, 0.1) is 5.69 Å². The van der Waals surface area contributed by atoms with E-state index in [4.69, 9.17) is 4.74 Å². The van der Waals surface area contributed by atoms with Crippen LogP contribution < -0.4 is 9.64 Å². The Hall–Kier alpha value is -2.04. The topological polar surface area (TPSA) is 49.9 Å². The SMILES string of the molecule is CCCCN(C)C(=O)CCN1C(=O)C(C)Oc2ccccc21. The minimum atomic E-state index is -0.511. The Morgan fingerprint density at radius 3 is 2.82 bits per heavy atom. The van der Waals surface area contributed by atoms with E-state index in [1.807, 2.05) is 31.3 Å². The van der Waals surface area contributed by atoms with Crippen LogP contribution in [0.5, 0.6) is 5.75 Å². The van der Waals surface area contributed by atoms with Crippen LogP contribution in [0.3, 0.4) is 0 Å². The highest BCUT2D eigenvalue weighted by Crippen LogP contribution is 2.33. The van der Waals surface area contributed by atoms with Gasteiger partial charge in [-0.2, -0.15) is 0 Å². The number of rotatable bonds is 6. The standard InChI is InChI=1S/C17H24N2O3/c1-4-5-11-18(3)16(20)10-12-19-14-8-6-7-9-15(14)22-13(2)17(19)21/h6-9,13H,4-5,10-12H2,1-3H3. The highest BCUT2D eigenvalue weighted by atomic mass is 16.5. The molecule has 0 spiro atoms. The lowest BCUT2D eigenvalue weighted by atomic mass is 10.1. The molecule has 2 rings (SSSR count). The summed E-state index contributed by atoms with van der Waals surface area (Å²) in [5.74, 6) is 0.668. The van der Waals surface area contributed by atoms with E-state index >= 15 is 0 Å². The monoisotopic (exact) mass is 304 g/mol. The zero-order valence-electron chi connectivity index (χ0n) is 13.5. The second-order valence-electron chi connectivity index (χ2n) is 5.64. The van der Waals surface area contributed by atoms with Gasteiger partial charge in [0.25, 0.3) is 5.91 Å². The molecular formula is C17H24N2O3. The zero-order valence-corrected chi connectivity index (χ0v) is 13.5. The second kappa shape index (κ2) is 7.29. The Labute approximate surface area is 131 Å².